The number of benzene rings is 2. The highest BCUT2D eigenvalue weighted by Gasteiger charge is 2.29. The third kappa shape index (κ3) is 6.61. The number of carbonyl (C=O) groups excluding carboxylic acids is 2. The molecule has 0 unspecified atom stereocenters. The van der Waals surface area contributed by atoms with Crippen molar-refractivity contribution in [1.29, 1.82) is 0 Å². The highest BCUT2D eigenvalue weighted by atomic mass is 32.2. The van der Waals surface area contributed by atoms with E-state index in [0.717, 1.165) is 10.5 Å². The molecule has 1 aliphatic heterocycles. The predicted octanol–water partition coefficient (Wildman–Crippen LogP) is 2.33. The van der Waals surface area contributed by atoms with Crippen molar-refractivity contribution in [2.24, 2.45) is 0 Å². The average molecular weight is 433 g/mol. The molecule has 0 aromatic heterocycles. The number of rotatable bonds is 8. The Morgan fingerprint density at radius 1 is 1.03 bits per heavy atom. The Kier molecular flexibility index (Phi) is 7.33. The minimum absolute atomic E-state index is 0.00506. The molecule has 0 saturated carbocycles. The van der Waals surface area contributed by atoms with Gasteiger partial charge in [-0.3, -0.25) is 9.59 Å². The summed E-state index contributed by atoms with van der Waals surface area (Å²) in [5.41, 5.74) is 0.888. The molecule has 29 heavy (non-hydrogen) atoms. The van der Waals surface area contributed by atoms with Crippen LogP contribution in [0.25, 0.3) is 0 Å². The van der Waals surface area contributed by atoms with Gasteiger partial charge in [-0.1, -0.05) is 48.5 Å². The van der Waals surface area contributed by atoms with Crippen LogP contribution in [0.4, 0.5) is 0 Å². The first-order chi connectivity index (χ1) is 13.9. The van der Waals surface area contributed by atoms with Gasteiger partial charge in [-0.05, 0) is 24.1 Å². The molecule has 8 heteroatoms. The molecule has 1 aliphatic rings. The number of amides is 2. The van der Waals surface area contributed by atoms with Crippen molar-refractivity contribution in [3.8, 4) is 0 Å². The summed E-state index contributed by atoms with van der Waals surface area (Å²) in [7, 11) is -3.03. The smallest absolute Gasteiger partial charge is 0.238 e. The van der Waals surface area contributed by atoms with Crippen LogP contribution in [-0.4, -0.2) is 44.3 Å². The van der Waals surface area contributed by atoms with Gasteiger partial charge in [0.1, 0.15) is 5.25 Å². The van der Waals surface area contributed by atoms with Gasteiger partial charge in [-0.2, -0.15) is 0 Å². The lowest BCUT2D eigenvalue weighted by Gasteiger charge is -2.17. The lowest BCUT2D eigenvalue weighted by atomic mass is 10.1. The summed E-state index contributed by atoms with van der Waals surface area (Å²) in [6, 6.07) is 18.9. The van der Waals surface area contributed by atoms with Crippen LogP contribution < -0.4 is 10.6 Å². The molecule has 0 spiro atoms. The number of sulfone groups is 1. The number of hydrogen-bond donors (Lipinski definition) is 2. The van der Waals surface area contributed by atoms with Crippen molar-refractivity contribution in [3.63, 3.8) is 0 Å². The van der Waals surface area contributed by atoms with Crippen LogP contribution in [0.1, 0.15) is 23.7 Å². The summed E-state index contributed by atoms with van der Waals surface area (Å²) in [6.45, 7) is 0.197. The summed E-state index contributed by atoms with van der Waals surface area (Å²) in [5.74, 6) is -0.306. The molecule has 1 saturated heterocycles. The summed E-state index contributed by atoms with van der Waals surface area (Å²) in [4.78, 5) is 25.9. The molecular weight excluding hydrogens is 408 g/mol. The Bertz CT molecular complexity index is 934. The van der Waals surface area contributed by atoms with Crippen molar-refractivity contribution in [2.45, 2.75) is 29.0 Å². The quantitative estimate of drug-likeness (QED) is 0.625. The van der Waals surface area contributed by atoms with E-state index in [1.54, 1.807) is 0 Å². The van der Waals surface area contributed by atoms with Crippen LogP contribution in [-0.2, 0) is 19.4 Å². The Morgan fingerprint density at radius 3 is 2.31 bits per heavy atom. The van der Waals surface area contributed by atoms with Crippen molar-refractivity contribution in [2.75, 3.05) is 18.1 Å². The van der Waals surface area contributed by atoms with Crippen LogP contribution in [0.15, 0.2) is 65.6 Å². The standard InChI is InChI=1S/C21H24N2O4S2/c24-19(23-17-12-14-29(26,27)15-17)11-13-22-21(25)20(16-7-3-1-4-8-16)28-18-9-5-2-6-10-18/h1-10,17,20H,11-15H2,(H,22,25)(H,23,24)/t17-,20-/m1/s1. The Balaban J connectivity index is 1.54. The molecule has 1 fully saturated rings. The first kappa shape index (κ1) is 21.4. The normalized spacial score (nSPS) is 18.7. The van der Waals surface area contributed by atoms with Crippen LogP contribution in [0.3, 0.4) is 0 Å². The maximum absolute atomic E-state index is 12.8. The maximum Gasteiger partial charge on any atom is 0.238 e. The van der Waals surface area contributed by atoms with Gasteiger partial charge in [0.05, 0.1) is 11.5 Å². The van der Waals surface area contributed by atoms with E-state index < -0.39 is 15.1 Å². The topological polar surface area (TPSA) is 92.3 Å². The Labute approximate surface area is 175 Å². The van der Waals surface area contributed by atoms with Gasteiger partial charge in [-0.15, -0.1) is 11.8 Å². The fourth-order valence-electron chi connectivity index (χ4n) is 3.14. The fraction of sp³-hybridized carbons (Fsp3) is 0.333. The molecule has 154 valence electrons. The molecule has 2 aromatic carbocycles. The van der Waals surface area contributed by atoms with Crippen LogP contribution in [0, 0.1) is 0 Å². The van der Waals surface area contributed by atoms with Crippen LogP contribution in [0.2, 0.25) is 0 Å². The highest BCUT2D eigenvalue weighted by molar-refractivity contribution is 8.00. The zero-order chi connectivity index (χ0) is 20.7. The first-order valence-electron chi connectivity index (χ1n) is 9.47. The molecule has 0 aliphatic carbocycles. The van der Waals surface area contributed by atoms with Gasteiger partial charge >= 0.3 is 0 Å². The van der Waals surface area contributed by atoms with Gasteiger partial charge in [0, 0.05) is 23.9 Å². The fourth-order valence-corrected chi connectivity index (χ4v) is 5.88. The molecule has 0 radical (unpaired) electrons. The van der Waals surface area contributed by atoms with E-state index in [4.69, 9.17) is 0 Å². The molecule has 3 rings (SSSR count). The van der Waals surface area contributed by atoms with Gasteiger partial charge in [0.25, 0.3) is 0 Å². The van der Waals surface area contributed by atoms with Crippen molar-refractivity contribution < 1.29 is 18.0 Å². The van der Waals surface area contributed by atoms with Crippen molar-refractivity contribution >= 4 is 33.4 Å². The number of nitrogens with one attached hydrogen (secondary N) is 2. The zero-order valence-corrected chi connectivity index (χ0v) is 17.5. The van der Waals surface area contributed by atoms with E-state index in [1.165, 1.54) is 11.8 Å². The van der Waals surface area contributed by atoms with Gasteiger partial charge in [0.15, 0.2) is 9.84 Å². The largest absolute Gasteiger partial charge is 0.354 e. The second-order valence-corrected chi connectivity index (χ2v) is 10.3. The van der Waals surface area contributed by atoms with E-state index in [0.29, 0.717) is 6.42 Å². The van der Waals surface area contributed by atoms with E-state index in [-0.39, 0.29) is 42.3 Å². The minimum Gasteiger partial charge on any atom is -0.354 e. The summed E-state index contributed by atoms with van der Waals surface area (Å²) in [5, 5.41) is 5.14. The average Bonchev–Trinajstić information content (AvgIpc) is 3.05. The van der Waals surface area contributed by atoms with Crippen LogP contribution in [0.5, 0.6) is 0 Å². The third-order valence-electron chi connectivity index (χ3n) is 4.59. The highest BCUT2D eigenvalue weighted by Crippen LogP contribution is 2.35. The van der Waals surface area contributed by atoms with E-state index in [2.05, 4.69) is 10.6 Å². The number of hydrogen-bond acceptors (Lipinski definition) is 5. The Hall–Kier alpha value is -2.32. The Morgan fingerprint density at radius 2 is 1.69 bits per heavy atom. The van der Waals surface area contributed by atoms with Gasteiger partial charge < -0.3 is 10.6 Å². The van der Waals surface area contributed by atoms with Gasteiger partial charge in [-0.25, -0.2) is 8.42 Å². The molecule has 0 bridgehead atoms. The van der Waals surface area contributed by atoms with E-state index in [1.807, 2.05) is 60.7 Å². The zero-order valence-electron chi connectivity index (χ0n) is 15.9. The monoisotopic (exact) mass is 432 g/mol. The SMILES string of the molecule is O=C(CCNC(=O)[C@H](Sc1ccccc1)c1ccccc1)N[C@@H]1CCS(=O)(=O)C1. The first-order valence-corrected chi connectivity index (χ1v) is 12.2. The van der Waals surface area contributed by atoms with E-state index in [9.17, 15) is 18.0 Å². The lowest BCUT2D eigenvalue weighted by molar-refractivity contribution is -0.122. The molecular formula is C21H24N2O4S2. The second-order valence-electron chi connectivity index (χ2n) is 6.93. The summed E-state index contributed by atoms with van der Waals surface area (Å²) >= 11 is 1.46. The number of thioether (sulfide) groups is 1. The van der Waals surface area contributed by atoms with E-state index >= 15 is 0 Å². The molecule has 2 amide bonds. The van der Waals surface area contributed by atoms with Gasteiger partial charge in [0.2, 0.25) is 11.8 Å². The molecule has 2 N–H and O–H groups in total. The molecule has 2 atom stereocenters. The third-order valence-corrected chi connectivity index (χ3v) is 7.62. The molecule has 1 heterocycles. The van der Waals surface area contributed by atoms with Crippen molar-refractivity contribution in [3.05, 3.63) is 66.2 Å². The summed E-state index contributed by atoms with van der Waals surface area (Å²) in [6.07, 6.45) is 0.560. The molecule has 2 aromatic rings. The van der Waals surface area contributed by atoms with Crippen molar-refractivity contribution in [1.82, 2.24) is 10.6 Å². The van der Waals surface area contributed by atoms with Crippen LogP contribution >= 0.6 is 11.8 Å². The summed E-state index contributed by atoms with van der Waals surface area (Å²) < 4.78 is 22.9. The second kappa shape index (κ2) is 9.93. The maximum atomic E-state index is 12.8. The molecule has 6 nitrogen and oxygen atoms in total. The minimum atomic E-state index is -3.03. The lowest BCUT2D eigenvalue weighted by Crippen LogP contribution is -2.38. The number of carbonyl (C=O) groups is 2. The predicted molar refractivity (Wildman–Crippen MR) is 114 cm³/mol.